The van der Waals surface area contributed by atoms with Crippen molar-refractivity contribution in [2.24, 2.45) is 0 Å². The maximum Gasteiger partial charge on any atom is 0.167 e. The number of imidazole rings is 1. The standard InChI is InChI=1S/C12H15N5O4/c13-9-6-10(15-3-14-9)17(4-16-6)11-7(19)8(20)12(21-11)2-1-5(12)18/h3-5,7-8,11,18-20H,1-2H2,(H2,13,14,15)/t5-,7?,8?,11?,12-/m0/s1. The molecule has 5 N–H and O–H groups in total. The Balaban J connectivity index is 1.78. The van der Waals surface area contributed by atoms with Gasteiger partial charge in [-0.05, 0) is 12.8 Å². The van der Waals surface area contributed by atoms with Gasteiger partial charge in [0, 0.05) is 0 Å². The molecule has 1 aliphatic heterocycles. The predicted octanol–water partition coefficient (Wildman–Crippen LogP) is -1.45. The number of ether oxygens (including phenoxy) is 1. The van der Waals surface area contributed by atoms with Gasteiger partial charge >= 0.3 is 0 Å². The van der Waals surface area contributed by atoms with Crippen LogP contribution in [-0.2, 0) is 4.74 Å². The first-order valence-electron chi connectivity index (χ1n) is 6.69. The fourth-order valence-corrected chi connectivity index (χ4v) is 3.13. The number of hydrogen-bond donors (Lipinski definition) is 4. The Bertz CT molecular complexity index is 706. The monoisotopic (exact) mass is 293 g/mol. The summed E-state index contributed by atoms with van der Waals surface area (Å²) >= 11 is 0. The summed E-state index contributed by atoms with van der Waals surface area (Å²) in [6.07, 6.45) is -0.266. The van der Waals surface area contributed by atoms with Gasteiger partial charge in [-0.1, -0.05) is 0 Å². The average Bonchev–Trinajstić information content (AvgIpc) is 3.01. The van der Waals surface area contributed by atoms with E-state index in [1.807, 2.05) is 0 Å². The van der Waals surface area contributed by atoms with Crippen molar-refractivity contribution in [2.45, 2.75) is 43.0 Å². The first-order valence-corrected chi connectivity index (χ1v) is 6.69. The highest BCUT2D eigenvalue weighted by molar-refractivity contribution is 5.81. The number of aromatic nitrogens is 4. The van der Waals surface area contributed by atoms with E-state index >= 15 is 0 Å². The van der Waals surface area contributed by atoms with Crippen LogP contribution in [0.4, 0.5) is 5.82 Å². The van der Waals surface area contributed by atoms with Crippen LogP contribution in [0.15, 0.2) is 12.7 Å². The van der Waals surface area contributed by atoms with E-state index in [4.69, 9.17) is 10.5 Å². The fourth-order valence-electron chi connectivity index (χ4n) is 3.13. The number of fused-ring (bicyclic) bond motifs is 1. The molecular formula is C12H15N5O4. The maximum absolute atomic E-state index is 10.3. The molecule has 3 heterocycles. The SMILES string of the molecule is Nc1ncnc2c1ncn2C1O[C@]2(CC[C@@H]2O)C(O)C1O. The Morgan fingerprint density at radius 1 is 1.29 bits per heavy atom. The molecule has 1 aliphatic carbocycles. The minimum Gasteiger partial charge on any atom is -0.390 e. The van der Waals surface area contributed by atoms with Crippen LogP contribution < -0.4 is 5.73 Å². The van der Waals surface area contributed by atoms with Crippen LogP contribution >= 0.6 is 0 Å². The van der Waals surface area contributed by atoms with Gasteiger partial charge in [0.05, 0.1) is 12.4 Å². The molecule has 0 amide bonds. The van der Waals surface area contributed by atoms with E-state index in [1.54, 1.807) is 0 Å². The lowest BCUT2D eigenvalue weighted by Gasteiger charge is -2.44. The largest absolute Gasteiger partial charge is 0.390 e. The van der Waals surface area contributed by atoms with E-state index in [1.165, 1.54) is 17.2 Å². The summed E-state index contributed by atoms with van der Waals surface area (Å²) in [4.78, 5) is 12.0. The predicted molar refractivity (Wildman–Crippen MR) is 69.8 cm³/mol. The summed E-state index contributed by atoms with van der Waals surface area (Å²) in [5, 5.41) is 30.4. The molecule has 1 saturated heterocycles. The molecule has 112 valence electrons. The van der Waals surface area contributed by atoms with Gasteiger partial charge < -0.3 is 25.8 Å². The van der Waals surface area contributed by atoms with Crippen molar-refractivity contribution in [3.05, 3.63) is 12.7 Å². The summed E-state index contributed by atoms with van der Waals surface area (Å²) < 4.78 is 7.29. The molecule has 21 heavy (non-hydrogen) atoms. The Kier molecular flexibility index (Phi) is 2.52. The third kappa shape index (κ3) is 1.51. The third-order valence-corrected chi connectivity index (χ3v) is 4.49. The van der Waals surface area contributed by atoms with Crippen LogP contribution in [-0.4, -0.2) is 58.8 Å². The number of anilines is 1. The molecule has 0 radical (unpaired) electrons. The van der Waals surface area contributed by atoms with Crippen molar-refractivity contribution in [1.82, 2.24) is 19.5 Å². The quantitative estimate of drug-likeness (QED) is 0.501. The lowest BCUT2D eigenvalue weighted by Crippen LogP contribution is -2.59. The maximum atomic E-state index is 10.3. The van der Waals surface area contributed by atoms with Gasteiger partial charge in [-0.15, -0.1) is 0 Å². The second-order valence-corrected chi connectivity index (χ2v) is 5.54. The molecule has 2 fully saturated rings. The number of hydrogen-bond acceptors (Lipinski definition) is 8. The average molecular weight is 293 g/mol. The van der Waals surface area contributed by atoms with E-state index in [0.717, 1.165) is 0 Å². The van der Waals surface area contributed by atoms with Crippen molar-refractivity contribution in [3.63, 3.8) is 0 Å². The van der Waals surface area contributed by atoms with E-state index in [-0.39, 0.29) is 5.82 Å². The molecule has 2 aromatic heterocycles. The van der Waals surface area contributed by atoms with Crippen LogP contribution in [0, 0.1) is 0 Å². The minimum atomic E-state index is -1.19. The second kappa shape index (κ2) is 4.10. The fraction of sp³-hybridized carbons (Fsp3) is 0.583. The van der Waals surface area contributed by atoms with Gasteiger partial charge in [-0.2, -0.15) is 0 Å². The lowest BCUT2D eigenvalue weighted by atomic mass is 9.73. The summed E-state index contributed by atoms with van der Waals surface area (Å²) in [5.74, 6) is 0.227. The van der Waals surface area contributed by atoms with Gasteiger partial charge in [0.15, 0.2) is 17.7 Å². The molecule has 2 aromatic rings. The molecule has 2 aliphatic rings. The highest BCUT2D eigenvalue weighted by atomic mass is 16.6. The summed E-state index contributed by atoms with van der Waals surface area (Å²) in [7, 11) is 0. The summed E-state index contributed by atoms with van der Waals surface area (Å²) in [5.41, 5.74) is 5.42. The number of nitrogens with zero attached hydrogens (tertiary/aromatic N) is 4. The molecule has 0 bridgehead atoms. The Morgan fingerprint density at radius 3 is 2.71 bits per heavy atom. The van der Waals surface area contributed by atoms with Crippen LogP contribution in [0.25, 0.3) is 11.2 Å². The van der Waals surface area contributed by atoms with Crippen LogP contribution in [0.3, 0.4) is 0 Å². The zero-order valence-corrected chi connectivity index (χ0v) is 11.0. The number of aliphatic hydroxyl groups excluding tert-OH is 3. The summed E-state index contributed by atoms with van der Waals surface area (Å²) in [6, 6.07) is 0. The van der Waals surface area contributed by atoms with Gasteiger partial charge in [0.1, 0.15) is 29.7 Å². The molecule has 9 heteroatoms. The van der Waals surface area contributed by atoms with Crippen LogP contribution in [0.1, 0.15) is 19.1 Å². The smallest absolute Gasteiger partial charge is 0.167 e. The number of rotatable bonds is 1. The van der Waals surface area contributed by atoms with Crippen LogP contribution in [0.5, 0.6) is 0 Å². The first-order chi connectivity index (χ1) is 10.0. The van der Waals surface area contributed by atoms with Crippen molar-refractivity contribution in [1.29, 1.82) is 0 Å². The molecule has 5 atom stereocenters. The minimum absolute atomic E-state index is 0.227. The first kappa shape index (κ1) is 12.9. The van der Waals surface area contributed by atoms with Gasteiger partial charge in [0.2, 0.25) is 0 Å². The number of nitrogens with two attached hydrogens (primary N) is 1. The highest BCUT2D eigenvalue weighted by Gasteiger charge is 2.63. The molecule has 9 nitrogen and oxygen atoms in total. The van der Waals surface area contributed by atoms with E-state index in [2.05, 4.69) is 15.0 Å². The van der Waals surface area contributed by atoms with Crippen molar-refractivity contribution < 1.29 is 20.1 Å². The normalized spacial score (nSPS) is 39.0. The van der Waals surface area contributed by atoms with Gasteiger partial charge in [-0.25, -0.2) is 15.0 Å². The number of nitrogen functional groups attached to an aromatic ring is 1. The van der Waals surface area contributed by atoms with Gasteiger partial charge in [0.25, 0.3) is 0 Å². The Labute approximate surface area is 119 Å². The lowest BCUT2D eigenvalue weighted by molar-refractivity contribution is -0.213. The van der Waals surface area contributed by atoms with Gasteiger partial charge in [-0.3, -0.25) is 4.57 Å². The molecule has 1 spiro atoms. The Hall–Kier alpha value is -1.81. The van der Waals surface area contributed by atoms with E-state index in [0.29, 0.717) is 24.0 Å². The zero-order valence-electron chi connectivity index (χ0n) is 11.0. The topological polar surface area (TPSA) is 140 Å². The van der Waals surface area contributed by atoms with E-state index < -0.39 is 30.1 Å². The molecule has 3 unspecified atom stereocenters. The second-order valence-electron chi connectivity index (χ2n) is 5.54. The van der Waals surface area contributed by atoms with Crippen molar-refractivity contribution in [2.75, 3.05) is 5.73 Å². The molecule has 1 saturated carbocycles. The van der Waals surface area contributed by atoms with Crippen molar-refractivity contribution >= 4 is 17.0 Å². The Morgan fingerprint density at radius 2 is 2.10 bits per heavy atom. The van der Waals surface area contributed by atoms with Crippen molar-refractivity contribution in [3.8, 4) is 0 Å². The van der Waals surface area contributed by atoms with E-state index in [9.17, 15) is 15.3 Å². The number of aliphatic hydroxyl groups is 3. The molecule has 0 aromatic carbocycles. The van der Waals surface area contributed by atoms with Crippen LogP contribution in [0.2, 0.25) is 0 Å². The highest BCUT2D eigenvalue weighted by Crippen LogP contribution is 2.49. The molecule has 4 rings (SSSR count). The zero-order chi connectivity index (χ0) is 14.8. The molecular weight excluding hydrogens is 278 g/mol. The summed E-state index contributed by atoms with van der Waals surface area (Å²) in [6.45, 7) is 0. The third-order valence-electron chi connectivity index (χ3n) is 4.49.